The lowest BCUT2D eigenvalue weighted by molar-refractivity contribution is -0.116. The Bertz CT molecular complexity index is 549. The van der Waals surface area contributed by atoms with Gasteiger partial charge in [-0.1, -0.05) is 17.3 Å². The smallest absolute Gasteiger partial charge is 0.234 e. The maximum absolute atomic E-state index is 11.0. The van der Waals surface area contributed by atoms with Gasteiger partial charge in [-0.15, -0.1) is 0 Å². The summed E-state index contributed by atoms with van der Waals surface area (Å²) in [6.07, 6.45) is 0.165. The molecule has 18 heavy (non-hydrogen) atoms. The molecule has 0 bridgehead atoms. The molecule has 5 heteroatoms. The molecule has 1 aromatic heterocycles. The first-order valence-electron chi connectivity index (χ1n) is 5.74. The van der Waals surface area contributed by atoms with Gasteiger partial charge < -0.3 is 9.26 Å². The largest absolute Gasteiger partial charge is 0.494 e. The third-order valence-corrected chi connectivity index (χ3v) is 2.27. The van der Waals surface area contributed by atoms with Gasteiger partial charge in [0.15, 0.2) is 0 Å². The Balaban J connectivity index is 2.22. The average molecular weight is 246 g/mol. The summed E-state index contributed by atoms with van der Waals surface area (Å²) in [7, 11) is 0. The zero-order valence-corrected chi connectivity index (χ0v) is 10.3. The van der Waals surface area contributed by atoms with Gasteiger partial charge in [-0.2, -0.15) is 4.98 Å². The molecule has 2 aromatic rings. The first kappa shape index (κ1) is 12.3. The van der Waals surface area contributed by atoms with Crippen LogP contribution in [0.5, 0.6) is 5.75 Å². The number of carbonyl (C=O) groups excluding carboxylic acids is 1. The van der Waals surface area contributed by atoms with Crippen molar-refractivity contribution in [2.24, 2.45) is 0 Å². The number of carbonyl (C=O) groups is 1. The van der Waals surface area contributed by atoms with Gasteiger partial charge in [0.1, 0.15) is 11.5 Å². The summed E-state index contributed by atoms with van der Waals surface area (Å²) in [4.78, 5) is 15.1. The van der Waals surface area contributed by atoms with E-state index in [0.717, 1.165) is 11.3 Å². The minimum Gasteiger partial charge on any atom is -0.494 e. The van der Waals surface area contributed by atoms with E-state index in [-0.39, 0.29) is 12.2 Å². The molecule has 0 radical (unpaired) electrons. The molecule has 0 saturated heterocycles. The van der Waals surface area contributed by atoms with Gasteiger partial charge in [-0.3, -0.25) is 4.79 Å². The van der Waals surface area contributed by atoms with Gasteiger partial charge in [-0.05, 0) is 26.0 Å². The molecule has 1 heterocycles. The van der Waals surface area contributed by atoms with Crippen molar-refractivity contribution < 1.29 is 14.1 Å². The lowest BCUT2D eigenvalue weighted by atomic mass is 10.2. The van der Waals surface area contributed by atoms with Crippen molar-refractivity contribution in [3.8, 4) is 17.1 Å². The molecule has 0 aliphatic rings. The molecule has 0 spiro atoms. The highest BCUT2D eigenvalue weighted by Crippen LogP contribution is 2.21. The Hall–Kier alpha value is -2.17. The topological polar surface area (TPSA) is 65.2 Å². The van der Waals surface area contributed by atoms with Crippen LogP contribution in [0.3, 0.4) is 0 Å². The van der Waals surface area contributed by atoms with E-state index in [0.29, 0.717) is 18.3 Å². The van der Waals surface area contributed by atoms with E-state index in [2.05, 4.69) is 10.1 Å². The molecule has 0 atom stereocenters. The highest BCUT2D eigenvalue weighted by atomic mass is 16.5. The number of hydrogen-bond donors (Lipinski definition) is 0. The molecule has 94 valence electrons. The third-order valence-electron chi connectivity index (χ3n) is 2.27. The van der Waals surface area contributed by atoms with Gasteiger partial charge in [0.2, 0.25) is 11.7 Å². The number of Topliss-reactive ketones (excluding diaryl/α,β-unsaturated/α-hetero) is 1. The van der Waals surface area contributed by atoms with Gasteiger partial charge in [0.05, 0.1) is 13.0 Å². The molecular weight excluding hydrogens is 232 g/mol. The molecule has 0 fully saturated rings. The highest BCUT2D eigenvalue weighted by molar-refractivity contribution is 5.77. The first-order chi connectivity index (χ1) is 8.69. The molecule has 0 N–H and O–H groups in total. The van der Waals surface area contributed by atoms with E-state index in [1.165, 1.54) is 6.92 Å². The maximum Gasteiger partial charge on any atom is 0.234 e. The number of rotatable bonds is 5. The van der Waals surface area contributed by atoms with E-state index < -0.39 is 0 Å². The van der Waals surface area contributed by atoms with E-state index in [4.69, 9.17) is 9.26 Å². The monoisotopic (exact) mass is 246 g/mol. The van der Waals surface area contributed by atoms with Crippen LogP contribution in [0.1, 0.15) is 19.7 Å². The average Bonchev–Trinajstić information content (AvgIpc) is 2.77. The Morgan fingerprint density at radius 1 is 1.44 bits per heavy atom. The summed E-state index contributed by atoms with van der Waals surface area (Å²) >= 11 is 0. The van der Waals surface area contributed by atoms with Crippen LogP contribution in [0.25, 0.3) is 11.4 Å². The van der Waals surface area contributed by atoms with E-state index in [9.17, 15) is 4.79 Å². The van der Waals surface area contributed by atoms with Crippen LogP contribution in [0.4, 0.5) is 0 Å². The third kappa shape index (κ3) is 2.94. The van der Waals surface area contributed by atoms with Crippen LogP contribution >= 0.6 is 0 Å². The maximum atomic E-state index is 11.0. The zero-order valence-electron chi connectivity index (χ0n) is 10.3. The minimum absolute atomic E-state index is 0.00623. The summed E-state index contributed by atoms with van der Waals surface area (Å²) in [5.74, 6) is 1.55. The predicted octanol–water partition coefficient (Wildman–Crippen LogP) is 2.27. The van der Waals surface area contributed by atoms with Gasteiger partial charge in [0, 0.05) is 5.56 Å². The molecular formula is C13H14N2O3. The van der Waals surface area contributed by atoms with E-state index in [1.807, 2.05) is 31.2 Å². The fourth-order valence-electron chi connectivity index (χ4n) is 1.55. The summed E-state index contributed by atoms with van der Waals surface area (Å²) in [5.41, 5.74) is 0.805. The lowest BCUT2D eigenvalue weighted by Gasteiger charge is -2.02. The van der Waals surface area contributed by atoms with E-state index in [1.54, 1.807) is 0 Å². The molecule has 1 aromatic carbocycles. The molecule has 0 aliphatic heterocycles. The van der Waals surface area contributed by atoms with Gasteiger partial charge >= 0.3 is 0 Å². The van der Waals surface area contributed by atoms with Crippen molar-refractivity contribution in [1.29, 1.82) is 0 Å². The lowest BCUT2D eigenvalue weighted by Crippen LogP contribution is -1.96. The van der Waals surface area contributed by atoms with Crippen molar-refractivity contribution in [2.75, 3.05) is 6.61 Å². The fourth-order valence-corrected chi connectivity index (χ4v) is 1.55. The van der Waals surface area contributed by atoms with E-state index >= 15 is 0 Å². The van der Waals surface area contributed by atoms with Crippen LogP contribution in [-0.4, -0.2) is 22.5 Å². The summed E-state index contributed by atoms with van der Waals surface area (Å²) < 4.78 is 10.4. The van der Waals surface area contributed by atoms with Crippen LogP contribution < -0.4 is 4.74 Å². The van der Waals surface area contributed by atoms with Crippen molar-refractivity contribution >= 4 is 5.78 Å². The summed E-state index contributed by atoms with van der Waals surface area (Å²) in [6, 6.07) is 7.43. The van der Waals surface area contributed by atoms with Gasteiger partial charge in [0.25, 0.3) is 0 Å². The molecule has 0 saturated carbocycles. The Labute approximate surface area is 105 Å². The molecule has 5 nitrogen and oxygen atoms in total. The Kier molecular flexibility index (Phi) is 3.72. The number of aromatic nitrogens is 2. The van der Waals surface area contributed by atoms with Crippen molar-refractivity contribution in [1.82, 2.24) is 10.1 Å². The van der Waals surface area contributed by atoms with Crippen LogP contribution in [0.15, 0.2) is 28.8 Å². The SMILES string of the molecule is CCOc1cccc(-c2noc(CC(C)=O)n2)c1. The second-order valence-electron chi connectivity index (χ2n) is 3.85. The fraction of sp³-hybridized carbons (Fsp3) is 0.308. The van der Waals surface area contributed by atoms with Crippen LogP contribution in [0, 0.1) is 0 Å². The quantitative estimate of drug-likeness (QED) is 0.809. The second kappa shape index (κ2) is 5.44. The number of nitrogens with zero attached hydrogens (tertiary/aromatic N) is 2. The second-order valence-corrected chi connectivity index (χ2v) is 3.85. The summed E-state index contributed by atoms with van der Waals surface area (Å²) in [5, 5.41) is 3.85. The van der Waals surface area contributed by atoms with Crippen molar-refractivity contribution in [2.45, 2.75) is 20.3 Å². The minimum atomic E-state index is -0.00623. The summed E-state index contributed by atoms with van der Waals surface area (Å²) in [6.45, 7) is 4.01. The Morgan fingerprint density at radius 2 is 2.28 bits per heavy atom. The number of benzene rings is 1. The number of ether oxygens (including phenoxy) is 1. The standard InChI is InChI=1S/C13H14N2O3/c1-3-17-11-6-4-5-10(8-11)13-14-12(18-15-13)7-9(2)16/h4-6,8H,3,7H2,1-2H3. The zero-order chi connectivity index (χ0) is 13.0. The number of hydrogen-bond acceptors (Lipinski definition) is 5. The van der Waals surface area contributed by atoms with Crippen molar-refractivity contribution in [3.63, 3.8) is 0 Å². The van der Waals surface area contributed by atoms with Crippen LogP contribution in [0.2, 0.25) is 0 Å². The normalized spacial score (nSPS) is 10.3. The first-order valence-corrected chi connectivity index (χ1v) is 5.74. The predicted molar refractivity (Wildman–Crippen MR) is 65.3 cm³/mol. The molecule has 0 unspecified atom stereocenters. The Morgan fingerprint density at radius 3 is 3.00 bits per heavy atom. The molecule has 0 aliphatic carbocycles. The number of ketones is 1. The molecule has 2 rings (SSSR count). The van der Waals surface area contributed by atoms with Crippen LogP contribution in [-0.2, 0) is 11.2 Å². The van der Waals surface area contributed by atoms with Gasteiger partial charge in [-0.25, -0.2) is 0 Å². The van der Waals surface area contributed by atoms with Crippen molar-refractivity contribution in [3.05, 3.63) is 30.2 Å². The highest BCUT2D eigenvalue weighted by Gasteiger charge is 2.10. The molecule has 0 amide bonds.